The summed E-state index contributed by atoms with van der Waals surface area (Å²) < 4.78 is 42.9. The standard InChI is InChI=1S/C16H19F3N2O2.ClH/c17-12-2-1-3-13(23-15(18)19)10(12)9-21-14(22)11-8-16(11)4-6-20-7-5-16;/h1-3,11,15,20H,4-9H2,(H,21,22);1H. The number of hydrogen-bond acceptors (Lipinski definition) is 3. The number of amides is 1. The SMILES string of the molecule is Cl.O=C(NCc1c(F)cccc1OC(F)F)C1CC12CCNCC2. The van der Waals surface area contributed by atoms with Crippen molar-refractivity contribution >= 4 is 18.3 Å². The number of ether oxygens (including phenoxy) is 1. The smallest absolute Gasteiger partial charge is 0.387 e. The molecule has 1 aromatic rings. The second-order valence-electron chi connectivity index (χ2n) is 6.18. The fourth-order valence-electron chi connectivity index (χ4n) is 3.41. The maximum atomic E-state index is 13.8. The molecule has 1 spiro atoms. The molecule has 8 heteroatoms. The molecule has 1 saturated carbocycles. The highest BCUT2D eigenvalue weighted by Gasteiger charge is 2.57. The van der Waals surface area contributed by atoms with Gasteiger partial charge in [0.05, 0.1) is 0 Å². The number of rotatable bonds is 5. The van der Waals surface area contributed by atoms with Crippen molar-refractivity contribution < 1.29 is 22.7 Å². The van der Waals surface area contributed by atoms with Gasteiger partial charge < -0.3 is 15.4 Å². The van der Waals surface area contributed by atoms with E-state index in [2.05, 4.69) is 15.4 Å². The average molecular weight is 365 g/mol. The van der Waals surface area contributed by atoms with Gasteiger partial charge >= 0.3 is 6.61 Å². The van der Waals surface area contributed by atoms with Gasteiger partial charge in [-0.1, -0.05) is 6.07 Å². The maximum Gasteiger partial charge on any atom is 0.387 e. The van der Waals surface area contributed by atoms with Crippen molar-refractivity contribution in [2.75, 3.05) is 13.1 Å². The Hall–Kier alpha value is -1.47. The Kier molecular flexibility index (Phi) is 5.98. The van der Waals surface area contributed by atoms with E-state index in [-0.39, 0.29) is 47.5 Å². The molecule has 0 bridgehead atoms. The molecule has 1 aromatic carbocycles. The molecule has 1 unspecified atom stereocenters. The highest BCUT2D eigenvalue weighted by molar-refractivity contribution is 5.85. The number of hydrogen-bond donors (Lipinski definition) is 2. The third-order valence-electron chi connectivity index (χ3n) is 4.84. The molecule has 1 amide bonds. The molecule has 134 valence electrons. The first-order valence-corrected chi connectivity index (χ1v) is 7.72. The van der Waals surface area contributed by atoms with Gasteiger partial charge in [0.2, 0.25) is 5.91 Å². The lowest BCUT2D eigenvalue weighted by Crippen LogP contribution is -2.33. The van der Waals surface area contributed by atoms with Crippen LogP contribution < -0.4 is 15.4 Å². The zero-order valence-corrected chi connectivity index (χ0v) is 13.8. The molecule has 1 saturated heterocycles. The summed E-state index contributed by atoms with van der Waals surface area (Å²) in [6.45, 7) is -1.38. The lowest BCUT2D eigenvalue weighted by molar-refractivity contribution is -0.123. The summed E-state index contributed by atoms with van der Waals surface area (Å²) in [6.07, 6.45) is 2.77. The van der Waals surface area contributed by atoms with Crippen LogP contribution in [-0.4, -0.2) is 25.6 Å². The molecule has 1 aliphatic carbocycles. The van der Waals surface area contributed by atoms with Crippen molar-refractivity contribution in [3.05, 3.63) is 29.6 Å². The average Bonchev–Trinajstić information content (AvgIpc) is 3.20. The quantitative estimate of drug-likeness (QED) is 0.844. The van der Waals surface area contributed by atoms with Gasteiger partial charge in [0.1, 0.15) is 11.6 Å². The van der Waals surface area contributed by atoms with Gasteiger partial charge in [0.15, 0.2) is 0 Å². The minimum atomic E-state index is -3.03. The Morgan fingerprint density at radius 2 is 2.08 bits per heavy atom. The molecule has 2 N–H and O–H groups in total. The number of nitrogens with one attached hydrogen (secondary N) is 2. The van der Waals surface area contributed by atoms with Crippen molar-refractivity contribution in [1.82, 2.24) is 10.6 Å². The van der Waals surface area contributed by atoms with Gasteiger partial charge in [0.25, 0.3) is 0 Å². The topological polar surface area (TPSA) is 50.4 Å². The normalized spacial score (nSPS) is 21.2. The molecule has 0 radical (unpaired) electrons. The number of benzene rings is 1. The number of alkyl halides is 2. The third kappa shape index (κ3) is 3.95. The molecule has 1 atom stereocenters. The fraction of sp³-hybridized carbons (Fsp3) is 0.562. The Morgan fingerprint density at radius 3 is 2.75 bits per heavy atom. The molecule has 1 aliphatic heterocycles. The Morgan fingerprint density at radius 1 is 1.38 bits per heavy atom. The van der Waals surface area contributed by atoms with Crippen LogP contribution in [0.1, 0.15) is 24.8 Å². The first kappa shape index (κ1) is 18.9. The minimum Gasteiger partial charge on any atom is -0.434 e. The van der Waals surface area contributed by atoms with Gasteiger partial charge in [-0.15, -0.1) is 12.4 Å². The second kappa shape index (κ2) is 7.61. The largest absolute Gasteiger partial charge is 0.434 e. The van der Waals surface area contributed by atoms with Crippen molar-refractivity contribution in [1.29, 1.82) is 0 Å². The highest BCUT2D eigenvalue weighted by Crippen LogP contribution is 2.58. The van der Waals surface area contributed by atoms with E-state index in [0.29, 0.717) is 0 Å². The second-order valence-corrected chi connectivity index (χ2v) is 6.18. The summed E-state index contributed by atoms with van der Waals surface area (Å²) in [5.41, 5.74) is 0.0218. The van der Waals surface area contributed by atoms with Gasteiger partial charge in [-0.2, -0.15) is 8.78 Å². The predicted molar refractivity (Wildman–Crippen MR) is 84.8 cm³/mol. The number of halogens is 4. The summed E-state index contributed by atoms with van der Waals surface area (Å²) in [7, 11) is 0. The maximum absolute atomic E-state index is 13.8. The van der Waals surface area contributed by atoms with E-state index in [9.17, 15) is 18.0 Å². The van der Waals surface area contributed by atoms with E-state index in [1.807, 2.05) is 0 Å². The molecule has 1 heterocycles. The van der Waals surface area contributed by atoms with Crippen LogP contribution in [0.25, 0.3) is 0 Å². The van der Waals surface area contributed by atoms with Gasteiger partial charge in [-0.05, 0) is 49.9 Å². The molecular weight excluding hydrogens is 345 g/mol. The van der Waals surface area contributed by atoms with Crippen LogP contribution in [0.2, 0.25) is 0 Å². The number of carbonyl (C=O) groups is 1. The molecule has 3 rings (SSSR count). The van der Waals surface area contributed by atoms with Crippen LogP contribution in [0.3, 0.4) is 0 Å². The van der Waals surface area contributed by atoms with Crippen LogP contribution in [0, 0.1) is 17.2 Å². The predicted octanol–water partition coefficient (Wildman–Crippen LogP) is 2.85. The van der Waals surface area contributed by atoms with E-state index in [1.54, 1.807) is 0 Å². The Balaban J connectivity index is 0.00000208. The van der Waals surface area contributed by atoms with Gasteiger partial charge in [-0.3, -0.25) is 4.79 Å². The molecule has 0 aromatic heterocycles. The molecule has 2 fully saturated rings. The molecule has 2 aliphatic rings. The molecule has 4 nitrogen and oxygen atoms in total. The summed E-state index contributed by atoms with van der Waals surface area (Å²) in [5, 5.41) is 5.92. The lowest BCUT2D eigenvalue weighted by atomic mass is 9.92. The van der Waals surface area contributed by atoms with Crippen LogP contribution in [-0.2, 0) is 11.3 Å². The summed E-state index contributed by atoms with van der Waals surface area (Å²) in [5.74, 6) is -1.11. The van der Waals surface area contributed by atoms with Crippen LogP contribution in [0.5, 0.6) is 5.75 Å². The van der Waals surface area contributed by atoms with E-state index in [1.165, 1.54) is 12.1 Å². The minimum absolute atomic E-state index is 0. The van der Waals surface area contributed by atoms with E-state index >= 15 is 0 Å². The zero-order chi connectivity index (χ0) is 16.4. The van der Waals surface area contributed by atoms with Crippen LogP contribution in [0.4, 0.5) is 13.2 Å². The monoisotopic (exact) mass is 364 g/mol. The van der Waals surface area contributed by atoms with E-state index < -0.39 is 12.4 Å². The van der Waals surface area contributed by atoms with Crippen molar-refractivity contribution in [3.63, 3.8) is 0 Å². The third-order valence-corrected chi connectivity index (χ3v) is 4.84. The van der Waals surface area contributed by atoms with Crippen molar-refractivity contribution in [2.45, 2.75) is 32.4 Å². The number of carbonyl (C=O) groups excluding carboxylic acids is 1. The van der Waals surface area contributed by atoms with Gasteiger partial charge in [-0.25, -0.2) is 4.39 Å². The first-order chi connectivity index (χ1) is 11.0. The molecular formula is C16H20ClF3N2O2. The summed E-state index contributed by atoms with van der Waals surface area (Å²) >= 11 is 0. The lowest BCUT2D eigenvalue weighted by Gasteiger charge is -2.23. The van der Waals surface area contributed by atoms with Crippen LogP contribution in [0.15, 0.2) is 18.2 Å². The Bertz CT molecular complexity index is 595. The fourth-order valence-corrected chi connectivity index (χ4v) is 3.41. The first-order valence-electron chi connectivity index (χ1n) is 7.72. The van der Waals surface area contributed by atoms with Gasteiger partial charge in [0, 0.05) is 18.0 Å². The van der Waals surface area contributed by atoms with E-state index in [0.717, 1.165) is 38.4 Å². The van der Waals surface area contributed by atoms with Crippen molar-refractivity contribution in [2.24, 2.45) is 11.3 Å². The molecule has 24 heavy (non-hydrogen) atoms. The zero-order valence-electron chi connectivity index (χ0n) is 13.0. The highest BCUT2D eigenvalue weighted by atomic mass is 35.5. The Labute approximate surface area is 144 Å². The van der Waals surface area contributed by atoms with Crippen LogP contribution >= 0.6 is 12.4 Å². The number of piperidine rings is 1. The summed E-state index contributed by atoms with van der Waals surface area (Å²) in [4.78, 5) is 12.3. The van der Waals surface area contributed by atoms with E-state index in [4.69, 9.17) is 0 Å². The van der Waals surface area contributed by atoms with Crippen molar-refractivity contribution in [3.8, 4) is 5.75 Å². The summed E-state index contributed by atoms with van der Waals surface area (Å²) in [6, 6.07) is 3.72.